The highest BCUT2D eigenvalue weighted by Crippen LogP contribution is 1.91. The molecule has 0 spiro atoms. The van der Waals surface area contributed by atoms with Gasteiger partial charge in [-0.1, -0.05) is 6.92 Å². The topological polar surface area (TPSA) is 30.5 Å². The van der Waals surface area contributed by atoms with Gasteiger partial charge >= 0.3 is 0 Å². The van der Waals surface area contributed by atoms with E-state index in [4.69, 9.17) is 9.47 Å². The normalized spacial score (nSPS) is 13.4. The van der Waals surface area contributed by atoms with Gasteiger partial charge in [0.1, 0.15) is 0 Å². The number of rotatable bonds is 7. The molecule has 0 heterocycles. The van der Waals surface area contributed by atoms with Crippen molar-refractivity contribution in [3.63, 3.8) is 0 Å². The van der Waals surface area contributed by atoms with Crippen LogP contribution in [0.4, 0.5) is 0 Å². The lowest BCUT2D eigenvalue weighted by atomic mass is 10.2. The summed E-state index contributed by atoms with van der Waals surface area (Å²) in [6.07, 6.45) is 0. The predicted octanol–water partition coefficient (Wildman–Crippen LogP) is 0.505. The lowest BCUT2D eigenvalue weighted by molar-refractivity contribution is 0.154. The SMILES string of the molecule is COCCNCC(C)COC. The third kappa shape index (κ3) is 7.78. The van der Waals surface area contributed by atoms with E-state index in [0.29, 0.717) is 5.92 Å². The van der Waals surface area contributed by atoms with Gasteiger partial charge in [0, 0.05) is 27.4 Å². The van der Waals surface area contributed by atoms with Crippen molar-refractivity contribution in [1.29, 1.82) is 0 Å². The first-order valence-corrected chi connectivity index (χ1v) is 3.99. The molecule has 0 aliphatic rings. The Balaban J connectivity index is 2.97. The van der Waals surface area contributed by atoms with Crippen LogP contribution in [0.1, 0.15) is 6.92 Å². The van der Waals surface area contributed by atoms with Crippen LogP contribution in [0.15, 0.2) is 0 Å². The average molecular weight is 161 g/mol. The number of hydrogen-bond acceptors (Lipinski definition) is 3. The molecule has 0 rings (SSSR count). The minimum atomic E-state index is 0.580. The molecule has 0 aliphatic carbocycles. The molecule has 68 valence electrons. The second kappa shape index (κ2) is 7.98. The summed E-state index contributed by atoms with van der Waals surface area (Å²) in [5, 5.41) is 3.27. The van der Waals surface area contributed by atoms with E-state index < -0.39 is 0 Å². The van der Waals surface area contributed by atoms with Crippen molar-refractivity contribution in [2.75, 3.05) is 40.5 Å². The van der Waals surface area contributed by atoms with Crippen LogP contribution in [0.2, 0.25) is 0 Å². The van der Waals surface area contributed by atoms with Crippen molar-refractivity contribution in [1.82, 2.24) is 5.32 Å². The van der Waals surface area contributed by atoms with Crippen LogP contribution >= 0.6 is 0 Å². The van der Waals surface area contributed by atoms with Gasteiger partial charge in [-0.2, -0.15) is 0 Å². The van der Waals surface area contributed by atoms with Crippen LogP contribution in [0.5, 0.6) is 0 Å². The van der Waals surface area contributed by atoms with Crippen molar-refractivity contribution in [3.05, 3.63) is 0 Å². The zero-order chi connectivity index (χ0) is 8.53. The summed E-state index contributed by atoms with van der Waals surface area (Å²) in [7, 11) is 3.44. The molecular formula is C8H19NO2. The van der Waals surface area contributed by atoms with Crippen LogP contribution in [0.25, 0.3) is 0 Å². The number of ether oxygens (including phenoxy) is 2. The minimum Gasteiger partial charge on any atom is -0.384 e. The largest absolute Gasteiger partial charge is 0.384 e. The van der Waals surface area contributed by atoms with Crippen molar-refractivity contribution >= 4 is 0 Å². The highest BCUT2D eigenvalue weighted by molar-refractivity contribution is 4.54. The van der Waals surface area contributed by atoms with Crippen LogP contribution in [-0.2, 0) is 9.47 Å². The van der Waals surface area contributed by atoms with E-state index in [1.165, 1.54) is 0 Å². The molecule has 1 atom stereocenters. The quantitative estimate of drug-likeness (QED) is 0.552. The Hall–Kier alpha value is -0.120. The second-order valence-electron chi connectivity index (χ2n) is 2.76. The van der Waals surface area contributed by atoms with Crippen LogP contribution in [-0.4, -0.2) is 40.5 Å². The Morgan fingerprint density at radius 1 is 1.27 bits per heavy atom. The molecule has 0 aromatic heterocycles. The predicted molar refractivity (Wildman–Crippen MR) is 45.8 cm³/mol. The fourth-order valence-electron chi connectivity index (χ4n) is 0.866. The van der Waals surface area contributed by atoms with E-state index in [0.717, 1.165) is 26.3 Å². The van der Waals surface area contributed by atoms with Gasteiger partial charge in [-0.3, -0.25) is 0 Å². The molecule has 0 bridgehead atoms. The van der Waals surface area contributed by atoms with Gasteiger partial charge in [0.2, 0.25) is 0 Å². The molecule has 11 heavy (non-hydrogen) atoms. The number of hydrogen-bond donors (Lipinski definition) is 1. The summed E-state index contributed by atoms with van der Waals surface area (Å²) in [6, 6.07) is 0. The highest BCUT2D eigenvalue weighted by Gasteiger charge is 1.98. The molecule has 1 unspecified atom stereocenters. The summed E-state index contributed by atoms with van der Waals surface area (Å²) >= 11 is 0. The monoisotopic (exact) mass is 161 g/mol. The van der Waals surface area contributed by atoms with E-state index >= 15 is 0 Å². The summed E-state index contributed by atoms with van der Waals surface area (Å²) in [5.41, 5.74) is 0. The molecule has 1 N–H and O–H groups in total. The Morgan fingerprint density at radius 3 is 2.55 bits per heavy atom. The Labute approximate surface area is 69.1 Å². The van der Waals surface area contributed by atoms with E-state index in [1.807, 2.05) is 0 Å². The van der Waals surface area contributed by atoms with Gasteiger partial charge in [0.25, 0.3) is 0 Å². The smallest absolute Gasteiger partial charge is 0.0587 e. The molecule has 0 saturated heterocycles. The lowest BCUT2D eigenvalue weighted by Gasteiger charge is -2.10. The van der Waals surface area contributed by atoms with E-state index in [-0.39, 0.29) is 0 Å². The number of methoxy groups -OCH3 is 2. The van der Waals surface area contributed by atoms with Crippen molar-refractivity contribution in [2.24, 2.45) is 5.92 Å². The fourth-order valence-corrected chi connectivity index (χ4v) is 0.866. The van der Waals surface area contributed by atoms with Crippen LogP contribution in [0.3, 0.4) is 0 Å². The first-order chi connectivity index (χ1) is 5.31. The maximum atomic E-state index is 4.99. The molecule has 0 saturated carbocycles. The van der Waals surface area contributed by atoms with Crippen molar-refractivity contribution in [2.45, 2.75) is 6.92 Å². The van der Waals surface area contributed by atoms with E-state index in [2.05, 4.69) is 12.2 Å². The maximum Gasteiger partial charge on any atom is 0.0587 e. The third-order valence-corrected chi connectivity index (χ3v) is 1.43. The fraction of sp³-hybridized carbons (Fsp3) is 1.00. The Kier molecular flexibility index (Phi) is 7.89. The Bertz CT molecular complexity index is 78.5. The first kappa shape index (κ1) is 10.9. The minimum absolute atomic E-state index is 0.580. The van der Waals surface area contributed by atoms with Gasteiger partial charge in [0.05, 0.1) is 6.61 Å². The molecule has 0 aromatic rings. The summed E-state index contributed by atoms with van der Waals surface area (Å²) in [6.45, 7) is 5.67. The maximum absolute atomic E-state index is 4.99. The van der Waals surface area contributed by atoms with Crippen molar-refractivity contribution in [3.8, 4) is 0 Å². The van der Waals surface area contributed by atoms with Gasteiger partial charge in [-0.25, -0.2) is 0 Å². The molecular weight excluding hydrogens is 142 g/mol. The standard InChI is InChI=1S/C8H19NO2/c1-8(7-11-3)6-9-4-5-10-2/h8-9H,4-7H2,1-3H3. The number of nitrogens with one attached hydrogen (secondary N) is 1. The molecule has 0 fully saturated rings. The summed E-state index contributed by atoms with van der Waals surface area (Å²) in [5.74, 6) is 0.580. The molecule has 0 amide bonds. The van der Waals surface area contributed by atoms with Gasteiger partial charge in [-0.15, -0.1) is 0 Å². The zero-order valence-electron chi connectivity index (χ0n) is 7.72. The lowest BCUT2D eigenvalue weighted by Crippen LogP contribution is -2.26. The Morgan fingerprint density at radius 2 is 2.00 bits per heavy atom. The molecule has 0 aliphatic heterocycles. The van der Waals surface area contributed by atoms with E-state index in [9.17, 15) is 0 Å². The zero-order valence-corrected chi connectivity index (χ0v) is 7.72. The highest BCUT2D eigenvalue weighted by atomic mass is 16.5. The van der Waals surface area contributed by atoms with Crippen LogP contribution in [0, 0.1) is 5.92 Å². The van der Waals surface area contributed by atoms with Gasteiger partial charge in [-0.05, 0) is 12.5 Å². The molecule has 0 aromatic carbocycles. The molecule has 0 radical (unpaired) electrons. The molecule has 3 heteroatoms. The van der Waals surface area contributed by atoms with E-state index in [1.54, 1.807) is 14.2 Å². The van der Waals surface area contributed by atoms with Crippen molar-refractivity contribution < 1.29 is 9.47 Å². The second-order valence-corrected chi connectivity index (χ2v) is 2.76. The molecule has 3 nitrogen and oxygen atoms in total. The average Bonchev–Trinajstić information content (AvgIpc) is 1.99. The van der Waals surface area contributed by atoms with Gasteiger partial charge < -0.3 is 14.8 Å². The van der Waals surface area contributed by atoms with Gasteiger partial charge in [0.15, 0.2) is 0 Å². The van der Waals surface area contributed by atoms with Crippen LogP contribution < -0.4 is 5.32 Å². The first-order valence-electron chi connectivity index (χ1n) is 3.99. The summed E-state index contributed by atoms with van der Waals surface area (Å²) < 4.78 is 9.88. The summed E-state index contributed by atoms with van der Waals surface area (Å²) in [4.78, 5) is 0. The third-order valence-electron chi connectivity index (χ3n) is 1.43.